The standard InChI is InChI=1S/C23H24O7/c1-26-16-7-3-14(4-8-16)22(24)29-19-12-11-18-20(13-28-21(18)19)30-23(25)15-5-9-17(27-2)10-6-15/h3-10,18-21H,11-13H2,1-2H3/t18-,19-,20-,21+/m1/s1. The third-order valence-electron chi connectivity index (χ3n) is 5.67. The molecule has 2 aromatic rings. The van der Waals surface area contributed by atoms with Crippen LogP contribution in [0, 0.1) is 5.92 Å². The van der Waals surface area contributed by atoms with Crippen LogP contribution in [0.3, 0.4) is 0 Å². The van der Waals surface area contributed by atoms with Crippen LogP contribution in [0.5, 0.6) is 11.5 Å². The van der Waals surface area contributed by atoms with Crippen LogP contribution in [-0.2, 0) is 14.2 Å². The van der Waals surface area contributed by atoms with Gasteiger partial charge < -0.3 is 23.7 Å². The minimum atomic E-state index is -0.398. The van der Waals surface area contributed by atoms with Crippen molar-refractivity contribution in [2.24, 2.45) is 5.92 Å². The van der Waals surface area contributed by atoms with E-state index in [0.717, 1.165) is 6.42 Å². The molecule has 7 nitrogen and oxygen atoms in total. The molecule has 0 spiro atoms. The number of ether oxygens (including phenoxy) is 5. The Bertz CT molecular complexity index is 815. The highest BCUT2D eigenvalue weighted by Gasteiger charge is 2.49. The Balaban J connectivity index is 1.34. The number of methoxy groups -OCH3 is 2. The number of fused-ring (bicyclic) bond motifs is 1. The molecule has 1 heterocycles. The number of rotatable bonds is 6. The van der Waals surface area contributed by atoms with Crippen LogP contribution in [0.25, 0.3) is 0 Å². The van der Waals surface area contributed by atoms with E-state index in [4.69, 9.17) is 23.7 Å². The maximum Gasteiger partial charge on any atom is 0.338 e. The molecule has 1 saturated carbocycles. The lowest BCUT2D eigenvalue weighted by molar-refractivity contribution is -0.0234. The van der Waals surface area contributed by atoms with Gasteiger partial charge in [0.15, 0.2) is 0 Å². The number of hydrogen-bond donors (Lipinski definition) is 0. The van der Waals surface area contributed by atoms with Crippen molar-refractivity contribution in [3.05, 3.63) is 59.7 Å². The summed E-state index contributed by atoms with van der Waals surface area (Å²) < 4.78 is 27.4. The van der Waals surface area contributed by atoms with Crippen LogP contribution in [0.4, 0.5) is 0 Å². The van der Waals surface area contributed by atoms with E-state index in [-0.39, 0.29) is 24.2 Å². The highest BCUT2D eigenvalue weighted by Crippen LogP contribution is 2.39. The first kappa shape index (κ1) is 20.2. The van der Waals surface area contributed by atoms with Crippen LogP contribution in [0.1, 0.15) is 33.6 Å². The minimum Gasteiger partial charge on any atom is -0.497 e. The van der Waals surface area contributed by atoms with E-state index in [1.165, 1.54) is 0 Å². The SMILES string of the molecule is COc1ccc(C(=O)O[C@@H]2CO[C@H]3[C@@H]2CC[C@H]3OC(=O)c2ccc(OC)cc2)cc1. The minimum absolute atomic E-state index is 0.0147. The summed E-state index contributed by atoms with van der Waals surface area (Å²) in [6, 6.07) is 13.5. The highest BCUT2D eigenvalue weighted by atomic mass is 16.6. The molecular formula is C23H24O7. The van der Waals surface area contributed by atoms with Crippen molar-refractivity contribution < 1.29 is 33.3 Å². The Morgan fingerprint density at radius 2 is 1.27 bits per heavy atom. The maximum atomic E-state index is 12.5. The van der Waals surface area contributed by atoms with Crippen molar-refractivity contribution >= 4 is 11.9 Å². The van der Waals surface area contributed by atoms with Gasteiger partial charge in [-0.1, -0.05) is 0 Å². The fourth-order valence-electron chi connectivity index (χ4n) is 4.03. The second-order valence-electron chi connectivity index (χ2n) is 7.38. The van der Waals surface area contributed by atoms with Crippen LogP contribution in [0.15, 0.2) is 48.5 Å². The van der Waals surface area contributed by atoms with Gasteiger partial charge in [0.05, 0.1) is 32.0 Å². The van der Waals surface area contributed by atoms with E-state index < -0.39 is 11.9 Å². The van der Waals surface area contributed by atoms with Crippen LogP contribution < -0.4 is 9.47 Å². The first-order valence-electron chi connectivity index (χ1n) is 9.90. The maximum absolute atomic E-state index is 12.5. The predicted molar refractivity (Wildman–Crippen MR) is 107 cm³/mol. The first-order chi connectivity index (χ1) is 14.6. The number of carbonyl (C=O) groups is 2. The van der Waals surface area contributed by atoms with E-state index in [1.807, 2.05) is 0 Å². The second-order valence-corrected chi connectivity index (χ2v) is 7.38. The van der Waals surface area contributed by atoms with Crippen molar-refractivity contribution in [3.8, 4) is 11.5 Å². The van der Waals surface area contributed by atoms with E-state index in [1.54, 1.807) is 62.8 Å². The highest BCUT2D eigenvalue weighted by molar-refractivity contribution is 5.90. The van der Waals surface area contributed by atoms with Crippen molar-refractivity contribution in [2.45, 2.75) is 31.2 Å². The molecule has 2 aliphatic rings. The van der Waals surface area contributed by atoms with Gasteiger partial charge in [-0.3, -0.25) is 0 Å². The summed E-state index contributed by atoms with van der Waals surface area (Å²) >= 11 is 0. The number of esters is 2. The fraction of sp³-hybridized carbons (Fsp3) is 0.391. The molecule has 0 bridgehead atoms. The molecule has 0 aromatic heterocycles. The molecule has 2 aromatic carbocycles. The average molecular weight is 412 g/mol. The Morgan fingerprint density at radius 3 is 1.77 bits per heavy atom. The Labute approximate surface area is 174 Å². The molecule has 30 heavy (non-hydrogen) atoms. The first-order valence-corrected chi connectivity index (χ1v) is 9.90. The molecule has 0 radical (unpaired) electrons. The van der Waals surface area contributed by atoms with Gasteiger partial charge in [-0.05, 0) is 61.4 Å². The average Bonchev–Trinajstić information content (AvgIpc) is 3.37. The smallest absolute Gasteiger partial charge is 0.338 e. The molecule has 0 N–H and O–H groups in total. The third-order valence-corrected chi connectivity index (χ3v) is 5.67. The molecule has 4 atom stereocenters. The normalized spacial score (nSPS) is 24.7. The molecule has 0 amide bonds. The predicted octanol–water partition coefficient (Wildman–Crippen LogP) is 3.26. The van der Waals surface area contributed by atoms with Gasteiger partial charge in [0.2, 0.25) is 0 Å². The van der Waals surface area contributed by atoms with E-state index in [2.05, 4.69) is 0 Å². The molecule has 158 valence electrons. The summed E-state index contributed by atoms with van der Waals surface area (Å²) in [6.45, 7) is 0.299. The summed E-state index contributed by atoms with van der Waals surface area (Å²) in [5.74, 6) is 0.568. The summed E-state index contributed by atoms with van der Waals surface area (Å²) in [7, 11) is 3.14. The molecule has 4 rings (SSSR count). The van der Waals surface area contributed by atoms with E-state index >= 15 is 0 Å². The molecule has 2 fully saturated rings. The van der Waals surface area contributed by atoms with E-state index in [9.17, 15) is 9.59 Å². The Hall–Kier alpha value is -3.06. The van der Waals surface area contributed by atoms with Crippen molar-refractivity contribution in [2.75, 3.05) is 20.8 Å². The van der Waals surface area contributed by atoms with Crippen LogP contribution in [0.2, 0.25) is 0 Å². The zero-order valence-electron chi connectivity index (χ0n) is 16.9. The molecule has 7 heteroatoms. The Kier molecular flexibility index (Phi) is 5.90. The topological polar surface area (TPSA) is 80.3 Å². The molecule has 1 aliphatic carbocycles. The van der Waals surface area contributed by atoms with Gasteiger partial charge in [0.25, 0.3) is 0 Å². The molecular weight excluding hydrogens is 388 g/mol. The number of carbonyl (C=O) groups excluding carboxylic acids is 2. The number of benzene rings is 2. The fourth-order valence-corrected chi connectivity index (χ4v) is 4.03. The van der Waals surface area contributed by atoms with Gasteiger partial charge in [-0.15, -0.1) is 0 Å². The zero-order chi connectivity index (χ0) is 21.1. The van der Waals surface area contributed by atoms with E-state index in [0.29, 0.717) is 35.7 Å². The molecule has 1 aliphatic heterocycles. The monoisotopic (exact) mass is 412 g/mol. The summed E-state index contributed by atoms with van der Waals surface area (Å²) in [4.78, 5) is 24.9. The van der Waals surface area contributed by atoms with Gasteiger partial charge >= 0.3 is 11.9 Å². The van der Waals surface area contributed by atoms with Gasteiger partial charge in [0, 0.05) is 5.92 Å². The lowest BCUT2D eigenvalue weighted by Gasteiger charge is -2.19. The molecule has 0 unspecified atom stereocenters. The lowest BCUT2D eigenvalue weighted by Crippen LogP contribution is -2.31. The third kappa shape index (κ3) is 4.11. The van der Waals surface area contributed by atoms with Crippen molar-refractivity contribution in [1.82, 2.24) is 0 Å². The summed E-state index contributed by atoms with van der Waals surface area (Å²) in [5, 5.41) is 0. The van der Waals surface area contributed by atoms with Gasteiger partial charge in [-0.2, -0.15) is 0 Å². The zero-order valence-corrected chi connectivity index (χ0v) is 16.9. The van der Waals surface area contributed by atoms with Crippen LogP contribution in [-0.4, -0.2) is 51.1 Å². The lowest BCUT2D eigenvalue weighted by atomic mass is 10.0. The summed E-state index contributed by atoms with van der Waals surface area (Å²) in [5.41, 5.74) is 0.916. The van der Waals surface area contributed by atoms with Crippen molar-refractivity contribution in [3.63, 3.8) is 0 Å². The summed E-state index contributed by atoms with van der Waals surface area (Å²) in [6.07, 6.45) is 0.476. The second kappa shape index (κ2) is 8.75. The quantitative estimate of drug-likeness (QED) is 0.674. The Morgan fingerprint density at radius 1 is 0.767 bits per heavy atom. The van der Waals surface area contributed by atoms with Crippen molar-refractivity contribution in [1.29, 1.82) is 0 Å². The van der Waals surface area contributed by atoms with Gasteiger partial charge in [0.1, 0.15) is 29.8 Å². The number of hydrogen-bond acceptors (Lipinski definition) is 7. The largest absolute Gasteiger partial charge is 0.497 e. The van der Waals surface area contributed by atoms with Gasteiger partial charge in [-0.25, -0.2) is 9.59 Å². The van der Waals surface area contributed by atoms with Crippen LogP contribution >= 0.6 is 0 Å². The molecule has 1 saturated heterocycles.